The van der Waals surface area contributed by atoms with E-state index >= 15 is 0 Å². The molecule has 166 valence electrons. The zero-order valence-corrected chi connectivity index (χ0v) is 18.7. The summed E-state index contributed by atoms with van der Waals surface area (Å²) in [6, 6.07) is 14.2. The first-order valence-corrected chi connectivity index (χ1v) is 11.5. The number of amides is 1. The van der Waals surface area contributed by atoms with Crippen LogP contribution in [0.3, 0.4) is 0 Å². The van der Waals surface area contributed by atoms with E-state index in [9.17, 15) is 15.0 Å². The Bertz CT molecular complexity index is 934. The molecule has 1 amide bonds. The van der Waals surface area contributed by atoms with Crippen LogP contribution in [-0.2, 0) is 16.8 Å². The molecule has 0 aromatic heterocycles. The maximum Gasteiger partial charge on any atom is 0.226 e. The van der Waals surface area contributed by atoms with E-state index in [-0.39, 0.29) is 5.91 Å². The highest BCUT2D eigenvalue weighted by Crippen LogP contribution is 2.34. The number of β-amino-alcohol motifs (C(OH)–C–C–N with tert-alkyl or cyclic N) is 1. The molecular weight excluding hydrogens is 388 g/mol. The van der Waals surface area contributed by atoms with Gasteiger partial charge in [0.25, 0.3) is 0 Å². The fourth-order valence-electron chi connectivity index (χ4n) is 4.95. The van der Waals surface area contributed by atoms with Crippen LogP contribution in [0.1, 0.15) is 61.0 Å². The van der Waals surface area contributed by atoms with E-state index in [0.717, 1.165) is 60.4 Å². The van der Waals surface area contributed by atoms with Gasteiger partial charge in [0.2, 0.25) is 5.91 Å². The van der Waals surface area contributed by atoms with Gasteiger partial charge in [0.05, 0.1) is 11.7 Å². The number of aliphatic hydroxyl groups excluding tert-OH is 1. The molecule has 2 N–H and O–H groups in total. The summed E-state index contributed by atoms with van der Waals surface area (Å²) in [7, 11) is 0. The molecule has 2 aromatic rings. The number of piperidine rings is 1. The molecule has 0 bridgehead atoms. The van der Waals surface area contributed by atoms with Gasteiger partial charge in [0.15, 0.2) is 0 Å². The van der Waals surface area contributed by atoms with E-state index in [1.54, 1.807) is 0 Å². The standard InChI is InChI=1S/C26H34N2O3/c1-3-25(30)28-13-5-7-20-17-21(9-10-23(20)28)24(29)18-27-14-11-26(31,12-15-27)22-8-4-6-19(2)16-22/h4,6,8-10,16-17,24,29,31H,3,5,7,11-15,18H2,1-2H3/t24-/m1/s1. The lowest BCUT2D eigenvalue weighted by molar-refractivity contribution is -0.118. The van der Waals surface area contributed by atoms with Crippen molar-refractivity contribution in [2.75, 3.05) is 31.1 Å². The second kappa shape index (κ2) is 9.11. The molecule has 1 saturated heterocycles. The Morgan fingerprint density at radius 1 is 1.13 bits per heavy atom. The quantitative estimate of drug-likeness (QED) is 0.771. The third-order valence-electron chi connectivity index (χ3n) is 6.88. The van der Waals surface area contributed by atoms with Crippen molar-refractivity contribution in [1.29, 1.82) is 0 Å². The van der Waals surface area contributed by atoms with Crippen molar-refractivity contribution in [2.45, 2.75) is 57.7 Å². The number of aliphatic hydroxyl groups is 2. The average Bonchev–Trinajstić information content (AvgIpc) is 2.79. The Hall–Kier alpha value is -2.21. The van der Waals surface area contributed by atoms with Crippen LogP contribution in [-0.4, -0.2) is 47.2 Å². The predicted molar refractivity (Wildman–Crippen MR) is 123 cm³/mol. The summed E-state index contributed by atoms with van der Waals surface area (Å²) >= 11 is 0. The van der Waals surface area contributed by atoms with Crippen LogP contribution >= 0.6 is 0 Å². The topological polar surface area (TPSA) is 64.0 Å². The molecule has 0 unspecified atom stereocenters. The Morgan fingerprint density at radius 2 is 1.90 bits per heavy atom. The summed E-state index contributed by atoms with van der Waals surface area (Å²) in [5, 5.41) is 22.0. The van der Waals surface area contributed by atoms with Gasteiger partial charge in [-0.3, -0.25) is 4.79 Å². The van der Waals surface area contributed by atoms with Crippen LogP contribution in [0.15, 0.2) is 42.5 Å². The number of hydrogen-bond acceptors (Lipinski definition) is 4. The Labute approximate surface area is 185 Å². The fraction of sp³-hybridized carbons (Fsp3) is 0.500. The molecule has 2 aliphatic heterocycles. The molecule has 0 saturated carbocycles. The number of aryl methyl sites for hydroxylation is 2. The monoisotopic (exact) mass is 422 g/mol. The van der Waals surface area contributed by atoms with Crippen LogP contribution in [0.5, 0.6) is 0 Å². The van der Waals surface area contributed by atoms with Crippen LogP contribution < -0.4 is 4.90 Å². The summed E-state index contributed by atoms with van der Waals surface area (Å²) in [5.41, 5.74) is 4.43. The number of carbonyl (C=O) groups excluding carboxylic acids is 1. The number of likely N-dealkylation sites (tertiary alicyclic amines) is 1. The smallest absolute Gasteiger partial charge is 0.226 e. The zero-order chi connectivity index (χ0) is 22.0. The third-order valence-corrected chi connectivity index (χ3v) is 6.88. The number of rotatable bonds is 5. The maximum atomic E-state index is 12.2. The van der Waals surface area contributed by atoms with Crippen molar-refractivity contribution in [1.82, 2.24) is 4.90 Å². The molecule has 0 radical (unpaired) electrons. The molecule has 1 fully saturated rings. The van der Waals surface area contributed by atoms with Gasteiger partial charge in [0, 0.05) is 38.3 Å². The summed E-state index contributed by atoms with van der Waals surface area (Å²) in [6.45, 7) is 6.79. The van der Waals surface area contributed by atoms with E-state index < -0.39 is 11.7 Å². The van der Waals surface area contributed by atoms with Crippen molar-refractivity contribution in [3.63, 3.8) is 0 Å². The maximum absolute atomic E-state index is 12.2. The minimum absolute atomic E-state index is 0.156. The van der Waals surface area contributed by atoms with Gasteiger partial charge < -0.3 is 20.0 Å². The molecular formula is C26H34N2O3. The van der Waals surface area contributed by atoms with Crippen molar-refractivity contribution in [3.05, 3.63) is 64.7 Å². The second-order valence-electron chi connectivity index (χ2n) is 9.11. The third kappa shape index (κ3) is 4.69. The normalized spacial score (nSPS) is 19.7. The fourth-order valence-corrected chi connectivity index (χ4v) is 4.95. The molecule has 2 heterocycles. The Balaban J connectivity index is 1.39. The summed E-state index contributed by atoms with van der Waals surface area (Å²) < 4.78 is 0. The summed E-state index contributed by atoms with van der Waals surface area (Å²) in [5.74, 6) is 0.156. The minimum atomic E-state index is -0.783. The van der Waals surface area contributed by atoms with Crippen molar-refractivity contribution in [3.8, 4) is 0 Å². The number of carbonyl (C=O) groups is 1. The lowest BCUT2D eigenvalue weighted by Crippen LogP contribution is -2.44. The molecule has 5 nitrogen and oxygen atoms in total. The highest BCUT2D eigenvalue weighted by Gasteiger charge is 2.34. The zero-order valence-electron chi connectivity index (χ0n) is 18.7. The SMILES string of the molecule is CCC(=O)N1CCCc2cc([C@H](O)CN3CCC(O)(c4cccc(C)c4)CC3)ccc21. The molecule has 2 aromatic carbocycles. The largest absolute Gasteiger partial charge is 0.387 e. The molecule has 2 aliphatic rings. The van der Waals surface area contributed by atoms with Crippen molar-refractivity contribution < 1.29 is 15.0 Å². The van der Waals surface area contributed by atoms with E-state index in [2.05, 4.69) is 17.0 Å². The van der Waals surface area contributed by atoms with E-state index in [1.807, 2.05) is 49.1 Å². The van der Waals surface area contributed by atoms with E-state index in [1.165, 1.54) is 0 Å². The van der Waals surface area contributed by atoms with Gasteiger partial charge in [-0.25, -0.2) is 0 Å². The van der Waals surface area contributed by atoms with Crippen LogP contribution in [0.2, 0.25) is 0 Å². The number of benzene rings is 2. The molecule has 5 heteroatoms. The van der Waals surface area contributed by atoms with Crippen LogP contribution in [0.4, 0.5) is 5.69 Å². The first-order chi connectivity index (χ1) is 14.9. The lowest BCUT2D eigenvalue weighted by atomic mass is 9.83. The highest BCUT2D eigenvalue weighted by molar-refractivity contribution is 5.94. The lowest BCUT2D eigenvalue weighted by Gasteiger charge is -2.39. The average molecular weight is 423 g/mol. The number of nitrogens with zero attached hydrogens (tertiary/aromatic N) is 2. The van der Waals surface area contributed by atoms with Crippen LogP contribution in [0.25, 0.3) is 0 Å². The number of anilines is 1. The van der Waals surface area contributed by atoms with E-state index in [0.29, 0.717) is 25.8 Å². The van der Waals surface area contributed by atoms with Gasteiger partial charge in [-0.05, 0) is 55.4 Å². The van der Waals surface area contributed by atoms with Crippen molar-refractivity contribution in [2.24, 2.45) is 0 Å². The first kappa shape index (κ1) is 22.0. The van der Waals surface area contributed by atoms with Gasteiger partial charge in [-0.15, -0.1) is 0 Å². The van der Waals surface area contributed by atoms with Gasteiger partial charge in [0.1, 0.15) is 0 Å². The number of hydrogen-bond donors (Lipinski definition) is 2. The second-order valence-corrected chi connectivity index (χ2v) is 9.11. The minimum Gasteiger partial charge on any atom is -0.387 e. The van der Waals surface area contributed by atoms with Gasteiger partial charge in [-0.2, -0.15) is 0 Å². The van der Waals surface area contributed by atoms with E-state index in [4.69, 9.17) is 0 Å². The Kier molecular flexibility index (Phi) is 6.47. The van der Waals surface area contributed by atoms with Gasteiger partial charge in [-0.1, -0.05) is 48.9 Å². The first-order valence-electron chi connectivity index (χ1n) is 11.5. The summed E-state index contributed by atoms with van der Waals surface area (Å²) in [4.78, 5) is 16.4. The molecule has 4 rings (SSSR count). The molecule has 0 aliphatic carbocycles. The highest BCUT2D eigenvalue weighted by atomic mass is 16.3. The summed E-state index contributed by atoms with van der Waals surface area (Å²) in [6.07, 6.45) is 3.17. The van der Waals surface area contributed by atoms with Gasteiger partial charge >= 0.3 is 0 Å². The molecule has 31 heavy (non-hydrogen) atoms. The Morgan fingerprint density at radius 3 is 2.61 bits per heavy atom. The molecule has 0 spiro atoms. The predicted octanol–water partition coefficient (Wildman–Crippen LogP) is 3.70. The number of fused-ring (bicyclic) bond motifs is 1. The molecule has 1 atom stereocenters. The van der Waals surface area contributed by atoms with Crippen molar-refractivity contribution >= 4 is 11.6 Å². The van der Waals surface area contributed by atoms with Crippen LogP contribution in [0, 0.1) is 6.92 Å².